The van der Waals surface area contributed by atoms with Crippen molar-refractivity contribution in [1.29, 1.82) is 0 Å². The van der Waals surface area contributed by atoms with E-state index in [2.05, 4.69) is 15.8 Å². The number of rotatable bonds is 5. The van der Waals surface area contributed by atoms with E-state index in [1.54, 1.807) is 0 Å². The third-order valence-electron chi connectivity index (χ3n) is 4.02. The molecule has 0 bridgehead atoms. The number of amides is 2. The van der Waals surface area contributed by atoms with Crippen LogP contribution >= 0.6 is 0 Å². The van der Waals surface area contributed by atoms with E-state index in [0.29, 0.717) is 0 Å². The first kappa shape index (κ1) is 17.2. The molecule has 23 heavy (non-hydrogen) atoms. The van der Waals surface area contributed by atoms with Gasteiger partial charge in [-0.25, -0.2) is 5.43 Å². The molecule has 0 aliphatic heterocycles. The van der Waals surface area contributed by atoms with Gasteiger partial charge < -0.3 is 5.32 Å². The first-order valence-electron chi connectivity index (χ1n) is 8.26. The molecule has 0 aromatic heterocycles. The quantitative estimate of drug-likeness (QED) is 0.817. The lowest BCUT2D eigenvalue weighted by molar-refractivity contribution is -0.124. The second-order valence-corrected chi connectivity index (χ2v) is 6.14. The summed E-state index contributed by atoms with van der Waals surface area (Å²) in [5.74, 6) is -0.363. The summed E-state index contributed by atoms with van der Waals surface area (Å²) in [5, 5.41) is 7.01. The Kier molecular flexibility index (Phi) is 6.32. The van der Waals surface area contributed by atoms with Crippen LogP contribution in [0.5, 0.6) is 0 Å². The average Bonchev–Trinajstić information content (AvgIpc) is 2.55. The summed E-state index contributed by atoms with van der Waals surface area (Å²) in [6, 6.07) is 5.91. The minimum Gasteiger partial charge on any atom is -0.326 e. The number of aryl methyl sites for hydroxylation is 2. The number of carbonyl (C=O) groups excluding carboxylic acids is 2. The first-order chi connectivity index (χ1) is 11.0. The van der Waals surface area contributed by atoms with Gasteiger partial charge in [-0.15, -0.1) is 0 Å². The van der Waals surface area contributed by atoms with Gasteiger partial charge in [0, 0.05) is 24.2 Å². The smallest absolute Gasteiger partial charge is 0.240 e. The van der Waals surface area contributed by atoms with Gasteiger partial charge in [-0.05, 0) is 56.7 Å². The molecule has 2 amide bonds. The van der Waals surface area contributed by atoms with Gasteiger partial charge in [-0.1, -0.05) is 18.6 Å². The largest absolute Gasteiger partial charge is 0.326 e. The number of benzene rings is 1. The molecular weight excluding hydrogens is 290 g/mol. The molecule has 1 aliphatic carbocycles. The van der Waals surface area contributed by atoms with Crippen LogP contribution in [-0.4, -0.2) is 17.5 Å². The highest BCUT2D eigenvalue weighted by atomic mass is 16.2. The molecule has 5 nitrogen and oxygen atoms in total. The second kappa shape index (κ2) is 8.46. The Bertz CT molecular complexity index is 600. The molecule has 0 spiro atoms. The van der Waals surface area contributed by atoms with E-state index in [1.165, 1.54) is 6.42 Å². The number of nitrogens with zero attached hydrogens (tertiary/aromatic N) is 1. The summed E-state index contributed by atoms with van der Waals surface area (Å²) in [4.78, 5) is 23.7. The molecule has 0 saturated heterocycles. The maximum Gasteiger partial charge on any atom is 0.240 e. The normalized spacial score (nSPS) is 14.3. The monoisotopic (exact) mass is 315 g/mol. The second-order valence-electron chi connectivity index (χ2n) is 6.14. The highest BCUT2D eigenvalue weighted by Crippen LogP contribution is 2.17. The van der Waals surface area contributed by atoms with Gasteiger partial charge in [0.2, 0.25) is 11.8 Å². The van der Waals surface area contributed by atoms with Crippen LogP contribution in [0.2, 0.25) is 0 Å². The summed E-state index contributed by atoms with van der Waals surface area (Å²) in [6.45, 7) is 3.93. The SMILES string of the molecule is Cc1ccc(C)c(NC(=O)CCC(=O)NN=C2CCCCC2)c1. The van der Waals surface area contributed by atoms with Gasteiger partial charge in [0.15, 0.2) is 0 Å². The van der Waals surface area contributed by atoms with Crippen molar-refractivity contribution in [3.63, 3.8) is 0 Å². The van der Waals surface area contributed by atoms with Crippen molar-refractivity contribution in [1.82, 2.24) is 5.43 Å². The van der Waals surface area contributed by atoms with Gasteiger partial charge in [-0.2, -0.15) is 5.10 Å². The fourth-order valence-corrected chi connectivity index (χ4v) is 2.58. The Labute approximate surface area is 137 Å². The van der Waals surface area contributed by atoms with E-state index < -0.39 is 0 Å². The Balaban J connectivity index is 1.75. The van der Waals surface area contributed by atoms with Crippen LogP contribution in [0.4, 0.5) is 5.69 Å². The predicted molar refractivity (Wildman–Crippen MR) is 92.4 cm³/mol. The molecule has 0 heterocycles. The molecule has 1 aliphatic rings. The summed E-state index contributed by atoms with van der Waals surface area (Å²) < 4.78 is 0. The number of anilines is 1. The number of hydrazone groups is 1. The van der Waals surface area contributed by atoms with E-state index in [1.807, 2.05) is 32.0 Å². The number of hydrogen-bond acceptors (Lipinski definition) is 3. The standard InChI is InChI=1S/C18H25N3O2/c1-13-8-9-14(2)16(12-13)19-17(22)10-11-18(23)21-20-15-6-4-3-5-7-15/h8-9,12H,3-7,10-11H2,1-2H3,(H,19,22)(H,21,23). The maximum atomic E-state index is 12.0. The Hall–Kier alpha value is -2.17. The molecule has 1 saturated carbocycles. The average molecular weight is 315 g/mol. The minimum atomic E-state index is -0.209. The molecule has 1 fully saturated rings. The van der Waals surface area contributed by atoms with Crippen molar-refractivity contribution in [3.8, 4) is 0 Å². The zero-order valence-corrected chi connectivity index (χ0v) is 13.9. The van der Waals surface area contributed by atoms with Gasteiger partial charge in [-0.3, -0.25) is 9.59 Å². The Morgan fingerprint density at radius 3 is 2.48 bits per heavy atom. The van der Waals surface area contributed by atoms with Gasteiger partial charge >= 0.3 is 0 Å². The Morgan fingerprint density at radius 2 is 1.74 bits per heavy atom. The van der Waals surface area contributed by atoms with Crippen molar-refractivity contribution >= 4 is 23.2 Å². The zero-order valence-electron chi connectivity index (χ0n) is 13.9. The van der Waals surface area contributed by atoms with Crippen LogP contribution in [-0.2, 0) is 9.59 Å². The molecule has 0 radical (unpaired) electrons. The van der Waals surface area contributed by atoms with E-state index in [4.69, 9.17) is 0 Å². The highest BCUT2D eigenvalue weighted by Gasteiger charge is 2.10. The van der Waals surface area contributed by atoms with Crippen molar-refractivity contribution in [2.24, 2.45) is 5.10 Å². The summed E-state index contributed by atoms with van der Waals surface area (Å²) in [7, 11) is 0. The third-order valence-corrected chi connectivity index (χ3v) is 4.02. The fraction of sp³-hybridized carbons (Fsp3) is 0.500. The van der Waals surface area contributed by atoms with Crippen LogP contribution in [0.15, 0.2) is 23.3 Å². The molecule has 124 valence electrons. The van der Waals surface area contributed by atoms with E-state index in [-0.39, 0.29) is 24.7 Å². The van der Waals surface area contributed by atoms with Crippen molar-refractivity contribution < 1.29 is 9.59 Å². The van der Waals surface area contributed by atoms with Crippen LogP contribution in [0, 0.1) is 13.8 Å². The predicted octanol–water partition coefficient (Wildman–Crippen LogP) is 3.46. The van der Waals surface area contributed by atoms with Crippen LogP contribution < -0.4 is 10.7 Å². The van der Waals surface area contributed by atoms with Crippen molar-refractivity contribution in [3.05, 3.63) is 29.3 Å². The molecule has 1 aromatic carbocycles. The zero-order chi connectivity index (χ0) is 16.7. The third kappa shape index (κ3) is 5.85. The molecule has 0 unspecified atom stereocenters. The maximum absolute atomic E-state index is 12.0. The molecule has 0 atom stereocenters. The van der Waals surface area contributed by atoms with Gasteiger partial charge in [0.05, 0.1) is 0 Å². The Morgan fingerprint density at radius 1 is 1.04 bits per heavy atom. The van der Waals surface area contributed by atoms with E-state index in [0.717, 1.165) is 48.2 Å². The van der Waals surface area contributed by atoms with Crippen LogP contribution in [0.25, 0.3) is 0 Å². The number of carbonyl (C=O) groups is 2. The molecule has 2 rings (SSSR count). The van der Waals surface area contributed by atoms with Crippen molar-refractivity contribution in [2.75, 3.05) is 5.32 Å². The highest BCUT2D eigenvalue weighted by molar-refractivity contribution is 5.94. The summed E-state index contributed by atoms with van der Waals surface area (Å²) in [5.41, 5.74) is 6.53. The van der Waals surface area contributed by atoms with E-state index >= 15 is 0 Å². The van der Waals surface area contributed by atoms with Crippen molar-refractivity contribution in [2.45, 2.75) is 58.8 Å². The molecule has 5 heteroatoms. The lowest BCUT2D eigenvalue weighted by Gasteiger charge is -2.12. The summed E-state index contributed by atoms with van der Waals surface area (Å²) in [6.07, 6.45) is 5.77. The molecule has 1 aromatic rings. The lowest BCUT2D eigenvalue weighted by Crippen LogP contribution is -2.22. The molecular formula is C18H25N3O2. The summed E-state index contributed by atoms with van der Waals surface area (Å²) >= 11 is 0. The van der Waals surface area contributed by atoms with E-state index in [9.17, 15) is 9.59 Å². The number of nitrogens with one attached hydrogen (secondary N) is 2. The van der Waals surface area contributed by atoms with Crippen LogP contribution in [0.1, 0.15) is 56.1 Å². The van der Waals surface area contributed by atoms with Gasteiger partial charge in [0.25, 0.3) is 0 Å². The van der Waals surface area contributed by atoms with Gasteiger partial charge in [0.1, 0.15) is 0 Å². The fourth-order valence-electron chi connectivity index (χ4n) is 2.58. The number of hydrogen-bond donors (Lipinski definition) is 2. The van der Waals surface area contributed by atoms with Crippen LogP contribution in [0.3, 0.4) is 0 Å². The lowest BCUT2D eigenvalue weighted by atomic mass is 9.99. The minimum absolute atomic E-state index is 0.146. The molecule has 2 N–H and O–H groups in total. The first-order valence-corrected chi connectivity index (χ1v) is 8.26. The topological polar surface area (TPSA) is 70.6 Å².